The lowest BCUT2D eigenvalue weighted by Crippen LogP contribution is -2.38. The highest BCUT2D eigenvalue weighted by Gasteiger charge is 2.23. The molecule has 0 aliphatic carbocycles. The molecule has 1 saturated heterocycles. The Morgan fingerprint density at radius 3 is 2.62 bits per heavy atom. The molecule has 1 aliphatic rings. The van der Waals surface area contributed by atoms with E-state index in [0.717, 1.165) is 38.2 Å². The number of hydrogen-bond acceptors (Lipinski definition) is 3. The number of primary amides is 1. The second kappa shape index (κ2) is 6.10. The Hall–Kier alpha value is -2.14. The summed E-state index contributed by atoms with van der Waals surface area (Å²) in [7, 11) is 0. The van der Waals surface area contributed by atoms with Crippen LogP contribution in [0.15, 0.2) is 42.7 Å². The Labute approximate surface area is 124 Å². The van der Waals surface area contributed by atoms with Crippen molar-refractivity contribution >= 4 is 5.91 Å². The first-order valence-corrected chi connectivity index (χ1v) is 7.33. The van der Waals surface area contributed by atoms with E-state index in [4.69, 9.17) is 5.73 Å². The minimum atomic E-state index is -0.161. The van der Waals surface area contributed by atoms with Crippen molar-refractivity contribution in [3.8, 4) is 5.69 Å². The van der Waals surface area contributed by atoms with Gasteiger partial charge in [0.25, 0.3) is 0 Å². The third-order valence-electron chi connectivity index (χ3n) is 4.05. The second-order valence-electron chi connectivity index (χ2n) is 5.58. The molecule has 1 amide bonds. The highest BCUT2D eigenvalue weighted by Crippen LogP contribution is 2.18. The quantitative estimate of drug-likeness (QED) is 0.927. The van der Waals surface area contributed by atoms with Crippen molar-refractivity contribution in [3.63, 3.8) is 0 Å². The summed E-state index contributed by atoms with van der Waals surface area (Å²) in [4.78, 5) is 13.5. The summed E-state index contributed by atoms with van der Waals surface area (Å²) in [5.41, 5.74) is 7.62. The lowest BCUT2D eigenvalue weighted by atomic mass is 9.96. The average Bonchev–Trinajstić information content (AvgIpc) is 2.97. The number of benzene rings is 1. The van der Waals surface area contributed by atoms with Crippen LogP contribution in [0.2, 0.25) is 0 Å². The lowest BCUT2D eigenvalue weighted by Gasteiger charge is -2.29. The van der Waals surface area contributed by atoms with Crippen LogP contribution in [-0.4, -0.2) is 33.7 Å². The minimum Gasteiger partial charge on any atom is -0.369 e. The van der Waals surface area contributed by atoms with Gasteiger partial charge in [-0.05, 0) is 38.1 Å². The predicted octanol–water partition coefficient (Wildman–Crippen LogP) is 1.57. The summed E-state index contributed by atoms with van der Waals surface area (Å²) in [6.07, 6.45) is 5.70. The van der Waals surface area contributed by atoms with Crippen LogP contribution < -0.4 is 5.73 Å². The van der Waals surface area contributed by atoms with E-state index in [9.17, 15) is 4.79 Å². The third-order valence-corrected chi connectivity index (χ3v) is 4.05. The maximum atomic E-state index is 11.2. The zero-order valence-corrected chi connectivity index (χ0v) is 12.0. The fourth-order valence-electron chi connectivity index (χ4n) is 2.80. The van der Waals surface area contributed by atoms with Crippen LogP contribution in [0.5, 0.6) is 0 Å². The van der Waals surface area contributed by atoms with Gasteiger partial charge in [-0.2, -0.15) is 5.10 Å². The number of nitrogens with two attached hydrogens (primary N) is 1. The highest BCUT2D eigenvalue weighted by molar-refractivity contribution is 5.76. The fraction of sp³-hybridized carbons (Fsp3) is 0.375. The molecule has 0 radical (unpaired) electrons. The van der Waals surface area contributed by atoms with Gasteiger partial charge in [0.2, 0.25) is 5.91 Å². The van der Waals surface area contributed by atoms with E-state index in [2.05, 4.69) is 16.2 Å². The minimum absolute atomic E-state index is 0.0493. The van der Waals surface area contributed by atoms with Crippen molar-refractivity contribution in [1.82, 2.24) is 14.7 Å². The van der Waals surface area contributed by atoms with Gasteiger partial charge >= 0.3 is 0 Å². The highest BCUT2D eigenvalue weighted by atomic mass is 16.1. The van der Waals surface area contributed by atoms with Crippen molar-refractivity contribution in [3.05, 3.63) is 48.3 Å². The van der Waals surface area contributed by atoms with Gasteiger partial charge in [0, 0.05) is 24.2 Å². The van der Waals surface area contributed by atoms with Crippen molar-refractivity contribution in [2.45, 2.75) is 19.4 Å². The molecule has 3 rings (SSSR count). The SMILES string of the molecule is NC(=O)C1CCN(Cc2cnn(-c3ccccc3)c2)CC1. The van der Waals surface area contributed by atoms with E-state index in [1.54, 1.807) is 0 Å². The number of carbonyl (C=O) groups is 1. The maximum Gasteiger partial charge on any atom is 0.220 e. The number of para-hydroxylation sites is 1. The average molecular weight is 284 g/mol. The molecule has 0 atom stereocenters. The number of nitrogens with zero attached hydrogens (tertiary/aromatic N) is 3. The normalized spacial score (nSPS) is 17.0. The van der Waals surface area contributed by atoms with Crippen LogP contribution >= 0.6 is 0 Å². The van der Waals surface area contributed by atoms with Gasteiger partial charge in [0.1, 0.15) is 0 Å². The van der Waals surface area contributed by atoms with E-state index >= 15 is 0 Å². The van der Waals surface area contributed by atoms with E-state index in [1.807, 2.05) is 41.2 Å². The van der Waals surface area contributed by atoms with Gasteiger partial charge in [-0.3, -0.25) is 9.69 Å². The van der Waals surface area contributed by atoms with E-state index in [-0.39, 0.29) is 11.8 Å². The molecule has 2 aromatic rings. The van der Waals surface area contributed by atoms with Crippen LogP contribution in [0.1, 0.15) is 18.4 Å². The zero-order valence-electron chi connectivity index (χ0n) is 12.0. The van der Waals surface area contributed by atoms with E-state index in [1.165, 1.54) is 5.56 Å². The Morgan fingerprint density at radius 1 is 1.24 bits per heavy atom. The van der Waals surface area contributed by atoms with Gasteiger partial charge in [-0.25, -0.2) is 4.68 Å². The molecule has 21 heavy (non-hydrogen) atoms. The first-order valence-electron chi connectivity index (χ1n) is 7.33. The molecule has 1 aromatic heterocycles. The number of piperidine rings is 1. The molecule has 0 spiro atoms. The molecule has 1 aromatic carbocycles. The molecule has 0 saturated carbocycles. The molecular weight excluding hydrogens is 264 g/mol. The van der Waals surface area contributed by atoms with Gasteiger partial charge in [0.05, 0.1) is 11.9 Å². The molecule has 5 heteroatoms. The van der Waals surface area contributed by atoms with Crippen molar-refractivity contribution in [2.75, 3.05) is 13.1 Å². The van der Waals surface area contributed by atoms with Crippen LogP contribution in [0.4, 0.5) is 0 Å². The van der Waals surface area contributed by atoms with Crippen LogP contribution in [0.3, 0.4) is 0 Å². The van der Waals surface area contributed by atoms with Gasteiger partial charge < -0.3 is 5.73 Å². The fourth-order valence-corrected chi connectivity index (χ4v) is 2.80. The van der Waals surface area contributed by atoms with Gasteiger partial charge in [-0.15, -0.1) is 0 Å². The summed E-state index contributed by atoms with van der Waals surface area (Å²) in [6.45, 7) is 2.71. The zero-order chi connectivity index (χ0) is 14.7. The van der Waals surface area contributed by atoms with Crippen LogP contribution in [-0.2, 0) is 11.3 Å². The Balaban J connectivity index is 1.60. The summed E-state index contributed by atoms with van der Waals surface area (Å²) in [6, 6.07) is 10.1. The van der Waals surface area contributed by atoms with Crippen LogP contribution in [0.25, 0.3) is 5.69 Å². The topological polar surface area (TPSA) is 64.2 Å². The first kappa shape index (κ1) is 13.8. The summed E-state index contributed by atoms with van der Waals surface area (Å²) in [5, 5.41) is 4.41. The first-order chi connectivity index (χ1) is 10.2. The summed E-state index contributed by atoms with van der Waals surface area (Å²) in [5.74, 6) is -0.111. The number of rotatable bonds is 4. The molecule has 0 unspecified atom stereocenters. The molecule has 1 aliphatic heterocycles. The molecule has 110 valence electrons. The van der Waals surface area contributed by atoms with E-state index < -0.39 is 0 Å². The summed E-state index contributed by atoms with van der Waals surface area (Å²) >= 11 is 0. The largest absolute Gasteiger partial charge is 0.369 e. The molecular formula is C16H20N4O. The molecule has 0 bridgehead atoms. The number of hydrogen-bond donors (Lipinski definition) is 1. The standard InChI is InChI=1S/C16H20N4O/c17-16(21)14-6-8-19(9-7-14)11-13-10-18-20(12-13)15-4-2-1-3-5-15/h1-5,10,12,14H,6-9,11H2,(H2,17,21). The second-order valence-corrected chi connectivity index (χ2v) is 5.58. The molecule has 2 N–H and O–H groups in total. The number of carbonyl (C=O) groups excluding carboxylic acids is 1. The Kier molecular flexibility index (Phi) is 4.01. The monoisotopic (exact) mass is 284 g/mol. The molecule has 1 fully saturated rings. The van der Waals surface area contributed by atoms with Crippen molar-refractivity contribution < 1.29 is 4.79 Å². The summed E-state index contributed by atoms with van der Waals surface area (Å²) < 4.78 is 1.89. The van der Waals surface area contributed by atoms with Gasteiger partial charge in [-0.1, -0.05) is 18.2 Å². The predicted molar refractivity (Wildman–Crippen MR) is 80.8 cm³/mol. The number of likely N-dealkylation sites (tertiary alicyclic amines) is 1. The lowest BCUT2D eigenvalue weighted by molar-refractivity contribution is -0.123. The number of amides is 1. The van der Waals surface area contributed by atoms with Crippen molar-refractivity contribution in [2.24, 2.45) is 11.7 Å². The molecule has 2 heterocycles. The molecule has 5 nitrogen and oxygen atoms in total. The Bertz CT molecular complexity index is 600. The van der Waals surface area contributed by atoms with Crippen LogP contribution in [0, 0.1) is 5.92 Å². The van der Waals surface area contributed by atoms with Gasteiger partial charge in [0.15, 0.2) is 0 Å². The van der Waals surface area contributed by atoms with Crippen molar-refractivity contribution in [1.29, 1.82) is 0 Å². The Morgan fingerprint density at radius 2 is 1.95 bits per heavy atom. The smallest absolute Gasteiger partial charge is 0.220 e. The number of aromatic nitrogens is 2. The third kappa shape index (κ3) is 3.31. The van der Waals surface area contributed by atoms with E-state index in [0.29, 0.717) is 0 Å². The maximum absolute atomic E-state index is 11.2.